The van der Waals surface area contributed by atoms with E-state index < -0.39 is 6.10 Å². The molecule has 1 amide bonds. The van der Waals surface area contributed by atoms with Crippen LogP contribution >= 0.6 is 0 Å². The average molecular weight is 289 g/mol. The molecule has 6 nitrogen and oxygen atoms in total. The molecular weight excluding hydrogens is 262 g/mol. The predicted molar refractivity (Wildman–Crippen MR) is 73.2 cm³/mol. The molecule has 0 aromatic rings. The van der Waals surface area contributed by atoms with Gasteiger partial charge in [0.05, 0.1) is 6.61 Å². The minimum absolute atomic E-state index is 0.165. The molecule has 0 aromatic heterocycles. The summed E-state index contributed by atoms with van der Waals surface area (Å²) < 4.78 is 0. The summed E-state index contributed by atoms with van der Waals surface area (Å²) in [6, 6.07) is 0. The summed E-state index contributed by atoms with van der Waals surface area (Å²) in [6.07, 6.45) is 8.97. The van der Waals surface area contributed by atoms with Gasteiger partial charge in [-0.15, -0.1) is 0 Å². The first-order chi connectivity index (χ1) is 9.84. The van der Waals surface area contributed by atoms with E-state index in [0.717, 1.165) is 25.7 Å². The Kier molecular flexibility index (Phi) is 10.5. The molecular formula is C14H27NO5. The van der Waals surface area contributed by atoms with E-state index in [1.54, 1.807) is 0 Å². The molecule has 1 rings (SSSR count). The van der Waals surface area contributed by atoms with Crippen LogP contribution in [0.25, 0.3) is 0 Å². The highest BCUT2D eigenvalue weighted by molar-refractivity contribution is 5.80. The molecule has 1 heterocycles. The summed E-state index contributed by atoms with van der Waals surface area (Å²) in [4.78, 5) is 21.2. The fraction of sp³-hybridized carbons (Fsp3) is 0.929. The second kappa shape index (κ2) is 12.1. The number of unbranched alkanes of at least 4 members (excludes halogenated alkanes) is 5. The first kappa shape index (κ1) is 17.4. The molecule has 0 spiro atoms. The van der Waals surface area contributed by atoms with Gasteiger partial charge in [0.15, 0.2) is 6.10 Å². The third kappa shape index (κ3) is 8.47. The lowest BCUT2D eigenvalue weighted by Gasteiger charge is -2.10. The molecule has 1 aliphatic rings. The van der Waals surface area contributed by atoms with Gasteiger partial charge in [0, 0.05) is 6.54 Å². The second-order valence-electron chi connectivity index (χ2n) is 5.10. The van der Waals surface area contributed by atoms with Crippen molar-refractivity contribution in [2.75, 3.05) is 13.2 Å². The molecule has 0 aromatic carbocycles. The lowest BCUT2D eigenvalue weighted by Crippen LogP contribution is -2.34. The third-order valence-electron chi connectivity index (χ3n) is 3.30. The second-order valence-corrected chi connectivity index (χ2v) is 5.10. The van der Waals surface area contributed by atoms with Crippen LogP contribution in [0, 0.1) is 0 Å². The van der Waals surface area contributed by atoms with Crippen molar-refractivity contribution < 1.29 is 24.6 Å². The van der Waals surface area contributed by atoms with Crippen LogP contribution in [-0.2, 0) is 24.6 Å². The first-order valence-electron chi connectivity index (χ1n) is 7.74. The van der Waals surface area contributed by atoms with E-state index in [0.29, 0.717) is 19.6 Å². The van der Waals surface area contributed by atoms with Crippen molar-refractivity contribution in [1.82, 2.24) is 5.32 Å². The van der Waals surface area contributed by atoms with Crippen LogP contribution in [0.15, 0.2) is 0 Å². The van der Waals surface area contributed by atoms with Gasteiger partial charge in [-0.2, -0.15) is 4.89 Å². The Morgan fingerprint density at radius 1 is 1.10 bits per heavy atom. The van der Waals surface area contributed by atoms with Crippen molar-refractivity contribution >= 4 is 5.91 Å². The zero-order valence-corrected chi connectivity index (χ0v) is 12.4. The van der Waals surface area contributed by atoms with Gasteiger partial charge in [-0.05, 0) is 35.8 Å². The highest BCUT2D eigenvalue weighted by Crippen LogP contribution is 2.10. The van der Waals surface area contributed by atoms with E-state index in [1.165, 1.54) is 25.7 Å². The SMILES string of the molecule is CCCCCCCCOOOOC1CCCCNC1=O. The van der Waals surface area contributed by atoms with Gasteiger partial charge in [-0.3, -0.25) is 4.79 Å². The van der Waals surface area contributed by atoms with Crippen molar-refractivity contribution in [2.45, 2.75) is 70.8 Å². The molecule has 118 valence electrons. The van der Waals surface area contributed by atoms with Gasteiger partial charge in [-0.1, -0.05) is 39.0 Å². The van der Waals surface area contributed by atoms with Gasteiger partial charge in [-0.25, -0.2) is 4.89 Å². The smallest absolute Gasteiger partial charge is 0.252 e. The van der Waals surface area contributed by atoms with E-state index in [1.807, 2.05) is 0 Å². The van der Waals surface area contributed by atoms with Gasteiger partial charge < -0.3 is 5.32 Å². The normalized spacial score (nSPS) is 19.6. The topological polar surface area (TPSA) is 66.0 Å². The average Bonchev–Trinajstić information content (AvgIpc) is 2.66. The summed E-state index contributed by atoms with van der Waals surface area (Å²) >= 11 is 0. The Balaban J connectivity index is 1.87. The fourth-order valence-corrected chi connectivity index (χ4v) is 2.06. The van der Waals surface area contributed by atoms with Crippen LogP contribution < -0.4 is 5.32 Å². The van der Waals surface area contributed by atoms with E-state index >= 15 is 0 Å². The van der Waals surface area contributed by atoms with Crippen LogP contribution in [0.1, 0.15) is 64.7 Å². The van der Waals surface area contributed by atoms with Crippen LogP contribution in [0.3, 0.4) is 0 Å². The Labute approximate surface area is 120 Å². The first-order valence-corrected chi connectivity index (χ1v) is 7.74. The van der Waals surface area contributed by atoms with E-state index in [4.69, 9.17) is 9.78 Å². The van der Waals surface area contributed by atoms with Crippen molar-refractivity contribution in [3.05, 3.63) is 0 Å². The largest absolute Gasteiger partial charge is 0.354 e. The molecule has 6 heteroatoms. The minimum atomic E-state index is -0.616. The molecule has 1 atom stereocenters. The van der Waals surface area contributed by atoms with Crippen LogP contribution in [0.4, 0.5) is 0 Å². The lowest BCUT2D eigenvalue weighted by molar-refractivity contribution is -0.639. The van der Waals surface area contributed by atoms with Crippen LogP contribution in [0.5, 0.6) is 0 Å². The molecule has 0 bridgehead atoms. The predicted octanol–water partition coefficient (Wildman–Crippen LogP) is 2.83. The summed E-state index contributed by atoms with van der Waals surface area (Å²) in [5.41, 5.74) is 0. The van der Waals surface area contributed by atoms with E-state index in [-0.39, 0.29) is 5.91 Å². The molecule has 1 fully saturated rings. The Hall–Kier alpha value is -0.690. The zero-order chi connectivity index (χ0) is 14.5. The number of hydrogen-bond donors (Lipinski definition) is 1. The fourth-order valence-electron chi connectivity index (χ4n) is 2.06. The van der Waals surface area contributed by atoms with Gasteiger partial charge in [0.25, 0.3) is 5.91 Å². The van der Waals surface area contributed by atoms with Crippen LogP contribution in [-0.4, -0.2) is 25.2 Å². The Morgan fingerprint density at radius 2 is 1.90 bits per heavy atom. The van der Waals surface area contributed by atoms with Crippen molar-refractivity contribution in [1.29, 1.82) is 0 Å². The Morgan fingerprint density at radius 3 is 2.75 bits per heavy atom. The molecule has 0 aliphatic carbocycles. The van der Waals surface area contributed by atoms with Gasteiger partial charge in [0.2, 0.25) is 0 Å². The molecule has 1 unspecified atom stereocenters. The summed E-state index contributed by atoms with van der Waals surface area (Å²) in [5.74, 6) is -0.165. The molecule has 1 saturated heterocycles. The van der Waals surface area contributed by atoms with Crippen LogP contribution in [0.2, 0.25) is 0 Å². The lowest BCUT2D eigenvalue weighted by atomic mass is 10.1. The number of nitrogens with one attached hydrogen (secondary N) is 1. The number of carbonyl (C=O) groups is 1. The highest BCUT2D eigenvalue weighted by atomic mass is 17.7. The number of rotatable bonds is 11. The highest BCUT2D eigenvalue weighted by Gasteiger charge is 2.22. The maximum Gasteiger partial charge on any atom is 0.252 e. The standard InChI is InChI=1S/C14H27NO5/c1-2-3-4-5-6-9-12-17-19-20-18-13-10-7-8-11-15-14(13)16/h13H,2-12H2,1H3,(H,15,16). The summed E-state index contributed by atoms with van der Waals surface area (Å²) in [5, 5.41) is 11.7. The quantitative estimate of drug-likeness (QED) is 0.360. The number of carbonyl (C=O) groups excluding carboxylic acids is 1. The zero-order valence-electron chi connectivity index (χ0n) is 12.4. The van der Waals surface area contributed by atoms with Crippen molar-refractivity contribution in [2.24, 2.45) is 0 Å². The molecule has 0 saturated carbocycles. The summed E-state index contributed by atoms with van der Waals surface area (Å²) in [6.45, 7) is 3.35. The third-order valence-corrected chi connectivity index (χ3v) is 3.30. The van der Waals surface area contributed by atoms with Gasteiger partial charge in [0.1, 0.15) is 0 Å². The number of hydrogen-bond acceptors (Lipinski definition) is 5. The maximum absolute atomic E-state index is 11.5. The van der Waals surface area contributed by atoms with E-state index in [2.05, 4.69) is 22.3 Å². The Bertz CT molecular complexity index is 250. The number of amides is 1. The molecule has 1 N–H and O–H groups in total. The van der Waals surface area contributed by atoms with E-state index in [9.17, 15) is 4.79 Å². The molecule has 1 aliphatic heterocycles. The van der Waals surface area contributed by atoms with Gasteiger partial charge >= 0.3 is 0 Å². The monoisotopic (exact) mass is 289 g/mol. The van der Waals surface area contributed by atoms with Crippen molar-refractivity contribution in [3.63, 3.8) is 0 Å². The molecule has 0 radical (unpaired) electrons. The molecule has 20 heavy (non-hydrogen) atoms. The minimum Gasteiger partial charge on any atom is -0.354 e. The maximum atomic E-state index is 11.5. The summed E-state index contributed by atoms with van der Waals surface area (Å²) in [7, 11) is 0. The van der Waals surface area contributed by atoms with Crippen molar-refractivity contribution in [3.8, 4) is 0 Å².